The minimum absolute atomic E-state index is 0. The summed E-state index contributed by atoms with van der Waals surface area (Å²) in [5, 5.41) is 7.89. The normalized spacial score (nSPS) is 11.0. The molecule has 0 atom stereocenters. The first kappa shape index (κ1) is 24.7. The van der Waals surface area contributed by atoms with Gasteiger partial charge < -0.3 is 20.1 Å². The molecule has 7 heteroatoms. The van der Waals surface area contributed by atoms with Crippen LogP contribution in [0.25, 0.3) is 10.9 Å². The van der Waals surface area contributed by atoms with Gasteiger partial charge in [0.1, 0.15) is 0 Å². The van der Waals surface area contributed by atoms with Gasteiger partial charge in [0, 0.05) is 31.2 Å². The molecule has 0 aliphatic heterocycles. The van der Waals surface area contributed by atoms with E-state index in [1.807, 2.05) is 24.4 Å². The number of nitrogens with zero attached hydrogens (tertiary/aromatic N) is 2. The molecule has 1 heterocycles. The second-order valence-corrected chi connectivity index (χ2v) is 6.87. The fourth-order valence-electron chi connectivity index (χ4n) is 3.36. The molecule has 31 heavy (non-hydrogen) atoms. The van der Waals surface area contributed by atoms with Crippen molar-refractivity contribution in [2.45, 2.75) is 19.8 Å². The van der Waals surface area contributed by atoms with Gasteiger partial charge in [0.25, 0.3) is 0 Å². The third-order valence-electron chi connectivity index (χ3n) is 4.87. The average molecular weight is 534 g/mol. The van der Waals surface area contributed by atoms with Gasteiger partial charge in [0.2, 0.25) is 0 Å². The van der Waals surface area contributed by atoms with Crippen LogP contribution in [0.5, 0.6) is 11.5 Å². The van der Waals surface area contributed by atoms with E-state index in [-0.39, 0.29) is 24.0 Å². The lowest BCUT2D eigenvalue weighted by Gasteiger charge is -2.13. The van der Waals surface area contributed by atoms with Gasteiger partial charge in [-0.1, -0.05) is 30.3 Å². The van der Waals surface area contributed by atoms with Gasteiger partial charge in [-0.25, -0.2) is 0 Å². The Morgan fingerprint density at radius 3 is 2.55 bits per heavy atom. The Hall–Kier alpha value is -2.55. The van der Waals surface area contributed by atoms with Crippen molar-refractivity contribution in [3.63, 3.8) is 0 Å². The molecule has 0 aliphatic carbocycles. The number of hydrogen-bond donors (Lipinski definition) is 2. The van der Waals surface area contributed by atoms with Crippen molar-refractivity contribution in [2.75, 3.05) is 33.9 Å². The van der Waals surface area contributed by atoms with Gasteiger partial charge in [-0.15, -0.1) is 24.0 Å². The lowest BCUT2D eigenvalue weighted by Crippen LogP contribution is -2.38. The van der Waals surface area contributed by atoms with Crippen molar-refractivity contribution in [2.24, 2.45) is 4.99 Å². The molecule has 0 radical (unpaired) electrons. The maximum atomic E-state index is 5.38. The molecule has 166 valence electrons. The molecule has 0 spiro atoms. The van der Waals surface area contributed by atoms with E-state index in [4.69, 9.17) is 14.5 Å². The second kappa shape index (κ2) is 13.0. The highest BCUT2D eigenvalue weighted by Crippen LogP contribution is 2.27. The number of guanidine groups is 1. The number of nitrogens with one attached hydrogen (secondary N) is 2. The SMILES string of the molecule is CCNC(=NCCc1cccc2cccnc12)NCCc1ccc(OC)c(OC)c1.I. The van der Waals surface area contributed by atoms with Crippen LogP contribution in [0.4, 0.5) is 0 Å². The monoisotopic (exact) mass is 534 g/mol. The zero-order valence-electron chi connectivity index (χ0n) is 18.4. The Bertz CT molecular complexity index is 989. The first-order chi connectivity index (χ1) is 14.7. The van der Waals surface area contributed by atoms with Crippen molar-refractivity contribution in [3.8, 4) is 11.5 Å². The number of fused-ring (bicyclic) bond motifs is 1. The van der Waals surface area contributed by atoms with E-state index in [0.717, 1.165) is 48.9 Å². The zero-order chi connectivity index (χ0) is 21.2. The summed E-state index contributed by atoms with van der Waals surface area (Å²) in [7, 11) is 3.30. The van der Waals surface area contributed by atoms with E-state index in [2.05, 4.69) is 52.9 Å². The summed E-state index contributed by atoms with van der Waals surface area (Å²) >= 11 is 0. The highest BCUT2D eigenvalue weighted by atomic mass is 127. The predicted octanol–water partition coefficient (Wildman–Crippen LogP) is 4.21. The molecule has 3 aromatic rings. The van der Waals surface area contributed by atoms with Crippen LogP contribution in [0.15, 0.2) is 59.7 Å². The summed E-state index contributed by atoms with van der Waals surface area (Å²) in [4.78, 5) is 9.26. The van der Waals surface area contributed by atoms with E-state index in [1.165, 1.54) is 16.5 Å². The zero-order valence-corrected chi connectivity index (χ0v) is 20.7. The molecular weight excluding hydrogens is 503 g/mol. The largest absolute Gasteiger partial charge is 0.493 e. The number of aliphatic imine (C=N–C) groups is 1. The average Bonchev–Trinajstić information content (AvgIpc) is 2.79. The van der Waals surface area contributed by atoms with Crippen molar-refractivity contribution >= 4 is 40.8 Å². The minimum atomic E-state index is 0. The van der Waals surface area contributed by atoms with Crippen LogP contribution >= 0.6 is 24.0 Å². The van der Waals surface area contributed by atoms with Crippen LogP contribution < -0.4 is 20.1 Å². The van der Waals surface area contributed by atoms with Gasteiger partial charge in [0.15, 0.2) is 17.5 Å². The van der Waals surface area contributed by atoms with Gasteiger partial charge in [-0.05, 0) is 49.1 Å². The standard InChI is InChI=1S/C24H30N4O2.HI/c1-4-25-24(27-15-12-18-10-11-21(29-2)22(17-18)30-3)28-16-13-20-8-5-7-19-9-6-14-26-23(19)20;/h5-11,14,17H,4,12-13,15-16H2,1-3H3,(H2,25,27,28);1H. The van der Waals surface area contributed by atoms with Crippen LogP contribution in [0, 0.1) is 0 Å². The summed E-state index contributed by atoms with van der Waals surface area (Å²) in [5.41, 5.74) is 3.46. The Morgan fingerprint density at radius 1 is 0.968 bits per heavy atom. The third kappa shape index (κ3) is 6.99. The fraction of sp³-hybridized carbons (Fsp3) is 0.333. The molecule has 0 saturated carbocycles. The number of ether oxygens (including phenoxy) is 2. The lowest BCUT2D eigenvalue weighted by molar-refractivity contribution is 0.354. The highest BCUT2D eigenvalue weighted by molar-refractivity contribution is 14.0. The Balaban J connectivity index is 0.00000341. The topological polar surface area (TPSA) is 67.8 Å². The Morgan fingerprint density at radius 2 is 1.77 bits per heavy atom. The number of aromatic nitrogens is 1. The maximum absolute atomic E-state index is 5.38. The van der Waals surface area contributed by atoms with E-state index < -0.39 is 0 Å². The molecule has 6 nitrogen and oxygen atoms in total. The summed E-state index contributed by atoms with van der Waals surface area (Å²) < 4.78 is 10.7. The fourth-order valence-corrected chi connectivity index (χ4v) is 3.36. The van der Waals surface area contributed by atoms with Crippen molar-refractivity contribution in [3.05, 3.63) is 65.9 Å². The molecule has 2 N–H and O–H groups in total. The second-order valence-electron chi connectivity index (χ2n) is 6.87. The molecule has 0 unspecified atom stereocenters. The number of pyridine rings is 1. The lowest BCUT2D eigenvalue weighted by atomic mass is 10.1. The van der Waals surface area contributed by atoms with Gasteiger partial charge in [-0.3, -0.25) is 9.98 Å². The van der Waals surface area contributed by atoms with E-state index in [1.54, 1.807) is 14.2 Å². The predicted molar refractivity (Wildman–Crippen MR) is 138 cm³/mol. The van der Waals surface area contributed by atoms with Gasteiger partial charge >= 0.3 is 0 Å². The van der Waals surface area contributed by atoms with Crippen LogP contribution in [0.1, 0.15) is 18.1 Å². The summed E-state index contributed by atoms with van der Waals surface area (Å²) in [6, 6.07) is 16.4. The number of methoxy groups -OCH3 is 2. The van der Waals surface area contributed by atoms with E-state index >= 15 is 0 Å². The van der Waals surface area contributed by atoms with Gasteiger partial charge in [-0.2, -0.15) is 0 Å². The van der Waals surface area contributed by atoms with Crippen molar-refractivity contribution < 1.29 is 9.47 Å². The van der Waals surface area contributed by atoms with Crippen molar-refractivity contribution in [1.82, 2.24) is 15.6 Å². The van der Waals surface area contributed by atoms with E-state index in [9.17, 15) is 0 Å². The molecule has 0 saturated heterocycles. The third-order valence-corrected chi connectivity index (χ3v) is 4.87. The first-order valence-corrected chi connectivity index (χ1v) is 10.3. The molecule has 0 fully saturated rings. The quantitative estimate of drug-likeness (QED) is 0.245. The minimum Gasteiger partial charge on any atom is -0.493 e. The number of rotatable bonds is 9. The smallest absolute Gasteiger partial charge is 0.191 e. The van der Waals surface area contributed by atoms with Gasteiger partial charge in [0.05, 0.1) is 19.7 Å². The number of para-hydroxylation sites is 1. The number of halogens is 1. The Kier molecular flexibility index (Phi) is 10.4. The molecule has 0 amide bonds. The molecule has 1 aromatic heterocycles. The number of hydrogen-bond acceptors (Lipinski definition) is 4. The molecule has 3 rings (SSSR count). The molecule has 0 bridgehead atoms. The summed E-state index contributed by atoms with van der Waals surface area (Å²) in [6.45, 7) is 4.36. The first-order valence-electron chi connectivity index (χ1n) is 10.3. The summed E-state index contributed by atoms with van der Waals surface area (Å²) in [5.74, 6) is 2.32. The van der Waals surface area contributed by atoms with Crippen LogP contribution in [0.3, 0.4) is 0 Å². The van der Waals surface area contributed by atoms with Crippen molar-refractivity contribution in [1.29, 1.82) is 0 Å². The van der Waals surface area contributed by atoms with Crippen LogP contribution in [-0.4, -0.2) is 44.8 Å². The molecule has 0 aliphatic rings. The highest BCUT2D eigenvalue weighted by Gasteiger charge is 2.05. The maximum Gasteiger partial charge on any atom is 0.191 e. The molecule has 2 aromatic carbocycles. The molecular formula is C24H31IN4O2. The number of benzene rings is 2. The summed E-state index contributed by atoms with van der Waals surface area (Å²) in [6.07, 6.45) is 3.55. The van der Waals surface area contributed by atoms with E-state index in [0.29, 0.717) is 6.54 Å². The van der Waals surface area contributed by atoms with Crippen LogP contribution in [0.2, 0.25) is 0 Å². The van der Waals surface area contributed by atoms with Crippen LogP contribution in [-0.2, 0) is 12.8 Å². The Labute approximate surface area is 201 Å².